The maximum Gasteiger partial charge on any atom is 0.251 e. The minimum Gasteiger partial charge on any atom is -0.492 e. The van der Waals surface area contributed by atoms with Crippen molar-refractivity contribution in [1.82, 2.24) is 25.2 Å². The number of carbonyl (C=O) groups excluding carboxylic acids is 1. The third-order valence-corrected chi connectivity index (χ3v) is 9.32. The molecule has 3 fully saturated rings. The summed E-state index contributed by atoms with van der Waals surface area (Å²) in [6, 6.07) is 10.3. The SMILES string of the molecule is Nc1nccc(-c2cnc(NCc3cccc(C(=O)NCC4CC5(CCN(C6COC6)CC5)C4)c3)c3c2OCC3)n1. The Bertz CT molecular complexity index is 1430. The summed E-state index contributed by atoms with van der Waals surface area (Å²) in [6.07, 6.45) is 9.18. The highest BCUT2D eigenvalue weighted by atomic mass is 16.5. The van der Waals surface area contributed by atoms with E-state index in [0.29, 0.717) is 41.8 Å². The quantitative estimate of drug-likeness (QED) is 0.384. The van der Waals surface area contributed by atoms with Crippen molar-refractivity contribution in [3.8, 4) is 17.0 Å². The lowest BCUT2D eigenvalue weighted by molar-refractivity contribution is -0.0974. The van der Waals surface area contributed by atoms with Crippen LogP contribution in [0, 0.1) is 11.3 Å². The molecule has 1 saturated carbocycles. The Hall–Kier alpha value is -3.76. The second-order valence-electron chi connectivity index (χ2n) is 12.0. The Morgan fingerprint density at radius 1 is 1.15 bits per heavy atom. The molecule has 1 aromatic carbocycles. The molecule has 0 atom stereocenters. The summed E-state index contributed by atoms with van der Waals surface area (Å²) in [7, 11) is 0. The average molecular weight is 556 g/mol. The van der Waals surface area contributed by atoms with Gasteiger partial charge in [0, 0.05) is 43.0 Å². The maximum atomic E-state index is 13.0. The Kier molecular flexibility index (Phi) is 6.96. The van der Waals surface area contributed by atoms with E-state index in [2.05, 4.69) is 30.5 Å². The van der Waals surface area contributed by atoms with Gasteiger partial charge in [-0.3, -0.25) is 9.69 Å². The molecule has 214 valence electrons. The largest absolute Gasteiger partial charge is 0.492 e. The monoisotopic (exact) mass is 555 g/mol. The molecule has 0 bridgehead atoms. The number of hydrogen-bond donors (Lipinski definition) is 3. The van der Waals surface area contributed by atoms with Crippen LogP contribution >= 0.6 is 0 Å². The molecule has 5 heterocycles. The fraction of sp³-hybridized carbons (Fsp3) is 0.484. The molecule has 10 nitrogen and oxygen atoms in total. The van der Waals surface area contributed by atoms with Crippen molar-refractivity contribution in [2.45, 2.75) is 44.7 Å². The van der Waals surface area contributed by atoms with E-state index in [1.54, 1.807) is 18.5 Å². The predicted octanol–water partition coefficient (Wildman–Crippen LogP) is 3.29. The van der Waals surface area contributed by atoms with Gasteiger partial charge in [0.05, 0.1) is 37.1 Å². The topological polar surface area (TPSA) is 128 Å². The van der Waals surface area contributed by atoms with Crippen molar-refractivity contribution in [3.63, 3.8) is 0 Å². The highest BCUT2D eigenvalue weighted by Gasteiger charge is 2.46. The van der Waals surface area contributed by atoms with Crippen LogP contribution in [0.5, 0.6) is 5.75 Å². The van der Waals surface area contributed by atoms with Crippen LogP contribution in [-0.2, 0) is 17.7 Å². The molecule has 3 aliphatic heterocycles. The van der Waals surface area contributed by atoms with Crippen molar-refractivity contribution >= 4 is 17.7 Å². The van der Waals surface area contributed by atoms with Gasteiger partial charge >= 0.3 is 0 Å². The number of fused-ring (bicyclic) bond motifs is 1. The van der Waals surface area contributed by atoms with E-state index in [1.165, 1.54) is 38.8 Å². The summed E-state index contributed by atoms with van der Waals surface area (Å²) < 4.78 is 11.3. The summed E-state index contributed by atoms with van der Waals surface area (Å²) in [6.45, 7) is 6.09. The number of hydrogen-bond acceptors (Lipinski definition) is 9. The van der Waals surface area contributed by atoms with Crippen LogP contribution in [-0.4, -0.2) is 71.3 Å². The number of nitrogen functional groups attached to an aromatic ring is 1. The lowest BCUT2D eigenvalue weighted by atomic mass is 9.57. The van der Waals surface area contributed by atoms with Crippen molar-refractivity contribution in [1.29, 1.82) is 0 Å². The normalized spacial score (nSPS) is 20.1. The van der Waals surface area contributed by atoms with E-state index in [0.717, 1.165) is 54.4 Å². The van der Waals surface area contributed by atoms with Crippen LogP contribution in [0.15, 0.2) is 42.7 Å². The van der Waals surface area contributed by atoms with Crippen LogP contribution < -0.4 is 21.1 Å². The number of piperidine rings is 1. The number of nitrogens with zero attached hydrogens (tertiary/aromatic N) is 4. The number of nitrogens with one attached hydrogen (secondary N) is 2. The molecule has 4 aliphatic rings. The number of likely N-dealkylation sites (tertiary alicyclic amines) is 1. The summed E-state index contributed by atoms with van der Waals surface area (Å²) in [4.78, 5) is 28.6. The Labute approximate surface area is 240 Å². The van der Waals surface area contributed by atoms with Gasteiger partial charge in [-0.2, -0.15) is 0 Å². The lowest BCUT2D eigenvalue weighted by Crippen LogP contribution is -2.56. The standard InChI is InChI=1S/C31H37N7O3/c32-30-33-8-4-26(37-30)25-17-35-28(24-5-11-41-27(24)25)34-15-20-2-1-3-22(12-20)29(39)36-16-21-13-31(14-21)6-9-38(10-7-31)23-18-40-19-23/h1-4,8,12,17,21,23H,5-7,9-11,13-16,18-19H2,(H,34,35)(H,36,39)(H2,32,33,37). The molecule has 3 aromatic rings. The maximum absolute atomic E-state index is 13.0. The summed E-state index contributed by atoms with van der Waals surface area (Å²) in [5.74, 6) is 2.36. The zero-order valence-electron chi connectivity index (χ0n) is 23.3. The first-order valence-electron chi connectivity index (χ1n) is 14.7. The number of aromatic nitrogens is 3. The minimum absolute atomic E-state index is 0.00602. The third kappa shape index (κ3) is 5.34. The fourth-order valence-corrected chi connectivity index (χ4v) is 6.91. The molecule has 2 aromatic heterocycles. The number of pyridine rings is 1. The van der Waals surface area contributed by atoms with Gasteiger partial charge in [-0.15, -0.1) is 0 Å². The molecular formula is C31H37N7O3. The fourth-order valence-electron chi connectivity index (χ4n) is 6.91. The molecule has 0 radical (unpaired) electrons. The molecule has 2 saturated heterocycles. The second kappa shape index (κ2) is 10.9. The number of ether oxygens (including phenoxy) is 2. The molecule has 41 heavy (non-hydrogen) atoms. The number of amides is 1. The van der Waals surface area contributed by atoms with Gasteiger partial charge < -0.3 is 25.8 Å². The van der Waals surface area contributed by atoms with Crippen molar-refractivity contribution in [2.75, 3.05) is 50.5 Å². The molecule has 1 amide bonds. The minimum atomic E-state index is -0.00602. The van der Waals surface area contributed by atoms with Crippen molar-refractivity contribution in [3.05, 3.63) is 59.4 Å². The second-order valence-corrected chi connectivity index (χ2v) is 12.0. The Morgan fingerprint density at radius 3 is 2.78 bits per heavy atom. The number of rotatable bonds is 8. The molecular weight excluding hydrogens is 518 g/mol. The summed E-state index contributed by atoms with van der Waals surface area (Å²) in [5.41, 5.74) is 10.5. The van der Waals surface area contributed by atoms with Gasteiger partial charge in [-0.25, -0.2) is 15.0 Å². The zero-order valence-corrected chi connectivity index (χ0v) is 23.3. The van der Waals surface area contributed by atoms with E-state index in [9.17, 15) is 4.79 Å². The van der Waals surface area contributed by atoms with E-state index in [4.69, 9.17) is 15.2 Å². The predicted molar refractivity (Wildman–Crippen MR) is 156 cm³/mol. The first kappa shape index (κ1) is 26.2. The van der Waals surface area contributed by atoms with Crippen LogP contribution in [0.1, 0.15) is 47.2 Å². The molecule has 7 rings (SSSR count). The number of anilines is 2. The third-order valence-electron chi connectivity index (χ3n) is 9.32. The molecule has 1 aliphatic carbocycles. The number of carbonyl (C=O) groups is 1. The van der Waals surface area contributed by atoms with E-state index in [-0.39, 0.29) is 11.9 Å². The molecule has 4 N–H and O–H groups in total. The lowest BCUT2D eigenvalue weighted by Gasteiger charge is -2.54. The van der Waals surface area contributed by atoms with Gasteiger partial charge in [-0.1, -0.05) is 12.1 Å². The van der Waals surface area contributed by atoms with E-state index >= 15 is 0 Å². The smallest absolute Gasteiger partial charge is 0.251 e. The Balaban J connectivity index is 0.921. The summed E-state index contributed by atoms with van der Waals surface area (Å²) >= 11 is 0. The van der Waals surface area contributed by atoms with Crippen LogP contribution in [0.25, 0.3) is 11.3 Å². The van der Waals surface area contributed by atoms with Gasteiger partial charge in [0.15, 0.2) is 0 Å². The first-order valence-corrected chi connectivity index (χ1v) is 14.7. The van der Waals surface area contributed by atoms with Gasteiger partial charge in [-0.05, 0) is 73.9 Å². The molecule has 0 unspecified atom stereocenters. The average Bonchev–Trinajstić information content (AvgIpc) is 3.44. The molecule has 10 heteroatoms. The van der Waals surface area contributed by atoms with Gasteiger partial charge in [0.1, 0.15) is 11.6 Å². The Morgan fingerprint density at radius 2 is 2.00 bits per heavy atom. The first-order chi connectivity index (χ1) is 20.1. The van der Waals surface area contributed by atoms with Crippen LogP contribution in [0.3, 0.4) is 0 Å². The van der Waals surface area contributed by atoms with Crippen LogP contribution in [0.2, 0.25) is 0 Å². The van der Waals surface area contributed by atoms with Gasteiger partial charge in [0.25, 0.3) is 5.91 Å². The van der Waals surface area contributed by atoms with E-state index < -0.39 is 0 Å². The van der Waals surface area contributed by atoms with Crippen molar-refractivity contribution < 1.29 is 14.3 Å². The zero-order chi connectivity index (χ0) is 27.8. The van der Waals surface area contributed by atoms with Crippen LogP contribution in [0.4, 0.5) is 11.8 Å². The van der Waals surface area contributed by atoms with E-state index in [1.807, 2.05) is 24.3 Å². The summed E-state index contributed by atoms with van der Waals surface area (Å²) in [5, 5.41) is 6.64. The number of benzene rings is 1. The van der Waals surface area contributed by atoms with Gasteiger partial charge in [0.2, 0.25) is 5.95 Å². The number of nitrogens with two attached hydrogens (primary N) is 1. The molecule has 1 spiro atoms. The highest BCUT2D eigenvalue weighted by Crippen LogP contribution is 2.52. The highest BCUT2D eigenvalue weighted by molar-refractivity contribution is 5.94. The van der Waals surface area contributed by atoms with Crippen molar-refractivity contribution in [2.24, 2.45) is 11.3 Å².